The van der Waals surface area contributed by atoms with Crippen LogP contribution < -0.4 is 10.5 Å². The first-order valence-corrected chi connectivity index (χ1v) is 10.5. The first-order chi connectivity index (χ1) is 15.6. The summed E-state index contributed by atoms with van der Waals surface area (Å²) < 4.78 is 0. The molecule has 10 heteroatoms. The molecule has 0 unspecified atom stereocenters. The Kier molecular flexibility index (Phi) is 5.10. The van der Waals surface area contributed by atoms with Gasteiger partial charge in [-0.1, -0.05) is 11.6 Å². The van der Waals surface area contributed by atoms with Gasteiger partial charge in [-0.15, -0.1) is 0 Å². The van der Waals surface area contributed by atoms with Crippen LogP contribution in [0, 0.1) is 6.92 Å². The monoisotopic (exact) mass is 430 g/mol. The molecule has 0 atom stereocenters. The third kappa shape index (κ3) is 3.82. The number of fused-ring (bicyclic) bond motifs is 1. The van der Waals surface area contributed by atoms with Crippen molar-refractivity contribution in [3.63, 3.8) is 0 Å². The number of carbonyl (C=O) groups is 1. The maximum Gasteiger partial charge on any atom is 0.256 e. The summed E-state index contributed by atoms with van der Waals surface area (Å²) in [5.41, 5.74) is 2.55. The van der Waals surface area contributed by atoms with Crippen LogP contribution in [0.1, 0.15) is 22.3 Å². The van der Waals surface area contributed by atoms with Gasteiger partial charge in [-0.25, -0.2) is 4.98 Å². The number of amides is 1. The van der Waals surface area contributed by atoms with Crippen molar-refractivity contribution in [2.24, 2.45) is 0 Å². The average molecular weight is 430 g/mol. The normalized spacial score (nSPS) is 14.5. The topological polar surface area (TPSA) is 113 Å². The zero-order valence-electron chi connectivity index (χ0n) is 17.6. The number of H-pyrrole nitrogens is 1. The summed E-state index contributed by atoms with van der Waals surface area (Å²) in [6, 6.07) is 8.86. The highest BCUT2D eigenvalue weighted by atomic mass is 16.2. The lowest BCUT2D eigenvalue weighted by Crippen LogP contribution is -2.36. The first-order valence-electron chi connectivity index (χ1n) is 10.5. The molecule has 0 aliphatic carbocycles. The summed E-state index contributed by atoms with van der Waals surface area (Å²) in [5.74, 6) is 0.497. The summed E-state index contributed by atoms with van der Waals surface area (Å²) in [7, 11) is 0. The number of nitrogens with zero attached hydrogens (tertiary/aromatic N) is 7. The Morgan fingerprint density at radius 2 is 1.88 bits per heavy atom. The molecule has 3 aromatic heterocycles. The van der Waals surface area contributed by atoms with Crippen molar-refractivity contribution >= 4 is 22.9 Å². The number of aromatic amines is 1. The fraction of sp³-hybridized carbons (Fsp3) is 0.273. The number of rotatable bonds is 3. The van der Waals surface area contributed by atoms with E-state index < -0.39 is 0 Å². The van der Waals surface area contributed by atoms with E-state index in [9.17, 15) is 9.59 Å². The Morgan fingerprint density at radius 3 is 2.72 bits per heavy atom. The Hall–Kier alpha value is -4.08. The fourth-order valence-corrected chi connectivity index (χ4v) is 3.91. The van der Waals surface area contributed by atoms with Crippen LogP contribution in [0.4, 0.5) is 5.95 Å². The van der Waals surface area contributed by atoms with E-state index in [1.165, 1.54) is 10.9 Å². The second-order valence-corrected chi connectivity index (χ2v) is 7.77. The van der Waals surface area contributed by atoms with Gasteiger partial charge in [0.15, 0.2) is 0 Å². The zero-order chi connectivity index (χ0) is 22.1. The van der Waals surface area contributed by atoms with Gasteiger partial charge in [0.05, 0.1) is 23.6 Å². The lowest BCUT2D eigenvalue weighted by molar-refractivity contribution is 0.0766. The van der Waals surface area contributed by atoms with E-state index in [0.717, 1.165) is 17.4 Å². The van der Waals surface area contributed by atoms with Crippen LogP contribution in [0.25, 0.3) is 16.7 Å². The third-order valence-corrected chi connectivity index (χ3v) is 5.54. The molecule has 5 rings (SSSR count). The van der Waals surface area contributed by atoms with E-state index in [1.54, 1.807) is 24.7 Å². The van der Waals surface area contributed by atoms with Gasteiger partial charge in [0, 0.05) is 43.8 Å². The van der Waals surface area contributed by atoms with E-state index in [4.69, 9.17) is 0 Å². The van der Waals surface area contributed by atoms with E-state index in [0.29, 0.717) is 49.0 Å². The molecule has 1 aromatic carbocycles. The average Bonchev–Trinajstić information content (AvgIpc) is 3.22. The number of carbonyl (C=O) groups excluding carboxylic acids is 1. The summed E-state index contributed by atoms with van der Waals surface area (Å²) in [6.45, 7) is 4.43. The molecule has 4 heterocycles. The lowest BCUT2D eigenvalue weighted by atomic mass is 10.1. The summed E-state index contributed by atoms with van der Waals surface area (Å²) in [4.78, 5) is 42.2. The number of nitrogens with one attached hydrogen (secondary N) is 1. The highest BCUT2D eigenvalue weighted by molar-refractivity contribution is 5.98. The molecular weight excluding hydrogens is 408 g/mol. The maximum absolute atomic E-state index is 13.4. The van der Waals surface area contributed by atoms with Gasteiger partial charge in [0.25, 0.3) is 5.91 Å². The van der Waals surface area contributed by atoms with Crippen LogP contribution in [0.2, 0.25) is 0 Å². The number of pyridine rings is 1. The highest BCUT2D eigenvalue weighted by Gasteiger charge is 2.24. The van der Waals surface area contributed by atoms with Gasteiger partial charge in [-0.2, -0.15) is 20.0 Å². The minimum absolute atomic E-state index is 0.0494. The van der Waals surface area contributed by atoms with Crippen LogP contribution in [0.15, 0.2) is 53.7 Å². The van der Waals surface area contributed by atoms with Crippen molar-refractivity contribution in [1.82, 2.24) is 34.8 Å². The van der Waals surface area contributed by atoms with Crippen molar-refractivity contribution in [2.45, 2.75) is 13.3 Å². The fourth-order valence-electron chi connectivity index (χ4n) is 3.91. The van der Waals surface area contributed by atoms with Crippen molar-refractivity contribution < 1.29 is 4.79 Å². The van der Waals surface area contributed by atoms with Gasteiger partial charge in [-0.3, -0.25) is 9.59 Å². The molecule has 1 N–H and O–H groups in total. The van der Waals surface area contributed by atoms with Crippen molar-refractivity contribution in [1.29, 1.82) is 0 Å². The van der Waals surface area contributed by atoms with Gasteiger partial charge in [0.1, 0.15) is 5.65 Å². The lowest BCUT2D eigenvalue weighted by Gasteiger charge is -2.23. The number of hydrogen-bond acceptors (Lipinski definition) is 7. The molecule has 0 bridgehead atoms. The Labute approximate surface area is 183 Å². The molecule has 0 saturated carbocycles. The first kappa shape index (κ1) is 19.9. The van der Waals surface area contributed by atoms with Gasteiger partial charge in [-0.05, 0) is 31.5 Å². The van der Waals surface area contributed by atoms with Crippen LogP contribution in [-0.2, 0) is 0 Å². The standard InChI is InChI=1S/C22H22N8O2/c1-15-3-5-18(30-24-7-8-25-30)17(13-15)21(32)28-9-2-10-29(12-11-28)22-23-14-16-4-6-19(31)26-20(16)27-22/h3-8,13-14H,2,9-12H2,1H3,(H,23,26,27,31). The quantitative estimate of drug-likeness (QED) is 0.525. The van der Waals surface area contributed by atoms with E-state index in [1.807, 2.05) is 34.9 Å². The maximum atomic E-state index is 13.4. The molecule has 1 saturated heterocycles. The Balaban J connectivity index is 1.38. The highest BCUT2D eigenvalue weighted by Crippen LogP contribution is 2.20. The number of hydrogen-bond donors (Lipinski definition) is 1. The largest absolute Gasteiger partial charge is 0.339 e. The minimum Gasteiger partial charge on any atom is -0.339 e. The van der Waals surface area contributed by atoms with Crippen LogP contribution in [0.5, 0.6) is 0 Å². The zero-order valence-corrected chi connectivity index (χ0v) is 17.6. The molecule has 1 fully saturated rings. The van der Waals surface area contributed by atoms with Crippen molar-refractivity contribution in [2.75, 3.05) is 31.1 Å². The summed E-state index contributed by atoms with van der Waals surface area (Å²) in [6.07, 6.45) is 5.67. The molecule has 1 aliphatic heterocycles. The van der Waals surface area contributed by atoms with Gasteiger partial charge >= 0.3 is 0 Å². The predicted octanol–water partition coefficient (Wildman–Crippen LogP) is 1.56. The number of benzene rings is 1. The Bertz CT molecular complexity index is 1330. The van der Waals surface area contributed by atoms with Crippen LogP contribution in [0.3, 0.4) is 0 Å². The number of anilines is 1. The molecule has 4 aromatic rings. The molecular formula is C22H22N8O2. The van der Waals surface area contributed by atoms with Crippen molar-refractivity contribution in [3.8, 4) is 5.69 Å². The number of aromatic nitrogens is 6. The van der Waals surface area contributed by atoms with Crippen LogP contribution in [-0.4, -0.2) is 66.9 Å². The molecule has 0 radical (unpaired) electrons. The van der Waals surface area contributed by atoms with Gasteiger partial charge in [0.2, 0.25) is 11.5 Å². The predicted molar refractivity (Wildman–Crippen MR) is 119 cm³/mol. The van der Waals surface area contributed by atoms with E-state index in [2.05, 4.69) is 25.1 Å². The molecule has 32 heavy (non-hydrogen) atoms. The van der Waals surface area contributed by atoms with E-state index in [-0.39, 0.29) is 11.5 Å². The van der Waals surface area contributed by atoms with Crippen LogP contribution >= 0.6 is 0 Å². The summed E-state index contributed by atoms with van der Waals surface area (Å²) in [5, 5.41) is 9.16. The van der Waals surface area contributed by atoms with Crippen molar-refractivity contribution in [3.05, 3.63) is 70.4 Å². The minimum atomic E-state index is -0.199. The third-order valence-electron chi connectivity index (χ3n) is 5.54. The molecule has 0 spiro atoms. The SMILES string of the molecule is Cc1ccc(-n2nccn2)c(C(=O)N2CCCN(c3ncc4ccc(=O)[nH]c4n3)CC2)c1. The molecule has 1 aliphatic rings. The molecule has 1 amide bonds. The summed E-state index contributed by atoms with van der Waals surface area (Å²) >= 11 is 0. The number of aryl methyl sites for hydroxylation is 1. The smallest absolute Gasteiger partial charge is 0.256 e. The molecule has 10 nitrogen and oxygen atoms in total. The van der Waals surface area contributed by atoms with Gasteiger partial charge < -0.3 is 14.8 Å². The molecule has 162 valence electrons. The second-order valence-electron chi connectivity index (χ2n) is 7.77. The Morgan fingerprint density at radius 1 is 1.03 bits per heavy atom. The second kappa shape index (κ2) is 8.22. The van der Waals surface area contributed by atoms with E-state index >= 15 is 0 Å².